The Balaban J connectivity index is 1.68. The van der Waals surface area contributed by atoms with Gasteiger partial charge < -0.3 is 4.57 Å². The highest BCUT2D eigenvalue weighted by Crippen LogP contribution is 2.35. The number of rotatable bonds is 3. The maximum Gasteiger partial charge on any atom is 0.140 e. The molecule has 4 heteroatoms. The van der Waals surface area contributed by atoms with Crippen LogP contribution >= 0.6 is 11.3 Å². The fraction of sp³-hybridized carbons (Fsp3) is 0.0476. The Bertz CT molecular complexity index is 1140. The molecule has 0 bridgehead atoms. The minimum absolute atomic E-state index is 0.805. The summed E-state index contributed by atoms with van der Waals surface area (Å²) in [5, 5.41) is 2.20. The Labute approximate surface area is 149 Å². The Morgan fingerprint density at radius 3 is 2.60 bits per heavy atom. The molecule has 0 aliphatic rings. The summed E-state index contributed by atoms with van der Waals surface area (Å²) in [7, 11) is 0. The van der Waals surface area contributed by atoms with Crippen LogP contribution in [0.5, 0.6) is 0 Å². The lowest BCUT2D eigenvalue weighted by Gasteiger charge is -2.04. The molecule has 3 nitrogen and oxygen atoms in total. The molecule has 0 radical (unpaired) electrons. The number of thiazole rings is 1. The number of nitrogens with zero attached hydrogens (tertiary/aromatic N) is 3. The summed E-state index contributed by atoms with van der Waals surface area (Å²) in [6, 6.07) is 22.9. The molecule has 0 saturated heterocycles. The van der Waals surface area contributed by atoms with Crippen molar-refractivity contribution in [2.24, 2.45) is 0 Å². The molecule has 2 aromatic carbocycles. The van der Waals surface area contributed by atoms with Crippen LogP contribution < -0.4 is 0 Å². The summed E-state index contributed by atoms with van der Waals surface area (Å²) in [6.45, 7) is 0.805. The molecule has 5 aromatic rings. The van der Waals surface area contributed by atoms with Crippen LogP contribution in [0.2, 0.25) is 0 Å². The smallest absolute Gasteiger partial charge is 0.140 e. The zero-order valence-corrected chi connectivity index (χ0v) is 14.3. The van der Waals surface area contributed by atoms with Crippen molar-refractivity contribution in [2.45, 2.75) is 6.54 Å². The summed E-state index contributed by atoms with van der Waals surface area (Å²) in [4.78, 5) is 9.45. The van der Waals surface area contributed by atoms with Gasteiger partial charge in [0.05, 0.1) is 10.2 Å². The molecule has 3 aromatic heterocycles. The minimum atomic E-state index is 0.805. The highest BCUT2D eigenvalue weighted by molar-refractivity contribution is 7.21. The lowest BCUT2D eigenvalue weighted by atomic mass is 10.2. The molecule has 0 atom stereocenters. The van der Waals surface area contributed by atoms with Crippen molar-refractivity contribution < 1.29 is 0 Å². The third kappa shape index (κ3) is 2.51. The zero-order chi connectivity index (χ0) is 16.6. The van der Waals surface area contributed by atoms with Crippen LogP contribution in [0.15, 0.2) is 79.1 Å². The zero-order valence-electron chi connectivity index (χ0n) is 13.5. The molecule has 0 spiro atoms. The maximum absolute atomic E-state index is 4.83. The van der Waals surface area contributed by atoms with Crippen LogP contribution in [0.3, 0.4) is 0 Å². The van der Waals surface area contributed by atoms with Gasteiger partial charge in [-0.15, -0.1) is 11.3 Å². The van der Waals surface area contributed by atoms with Crippen molar-refractivity contribution in [3.05, 3.63) is 84.7 Å². The second kappa shape index (κ2) is 5.83. The predicted octanol–water partition coefficient (Wildman–Crippen LogP) is 5.36. The number of pyridine rings is 1. The van der Waals surface area contributed by atoms with Crippen LogP contribution in [0.1, 0.15) is 5.56 Å². The van der Waals surface area contributed by atoms with E-state index < -0.39 is 0 Å². The van der Waals surface area contributed by atoms with Gasteiger partial charge in [-0.3, -0.25) is 0 Å². The second-order valence-corrected chi connectivity index (χ2v) is 7.05. The molecular weight excluding hydrogens is 326 g/mol. The molecule has 0 aliphatic heterocycles. The standard InChI is InChI=1S/C21H15N3S/c1-2-7-15(8-3-1)13-24-14-17(16-9-6-12-22-20(16)24)21-23-18-10-4-5-11-19(18)25-21/h1-12,14H,13H2. The Morgan fingerprint density at radius 1 is 0.880 bits per heavy atom. The summed E-state index contributed by atoms with van der Waals surface area (Å²) >= 11 is 1.73. The molecule has 0 amide bonds. The molecule has 0 saturated carbocycles. The number of hydrogen-bond donors (Lipinski definition) is 0. The van der Waals surface area contributed by atoms with E-state index in [1.807, 2.05) is 24.4 Å². The first-order valence-corrected chi connectivity index (χ1v) is 9.04. The third-order valence-electron chi connectivity index (χ3n) is 4.35. The SMILES string of the molecule is c1ccc(Cn2cc(-c3nc4ccccc4s3)c3cccnc32)cc1. The lowest BCUT2D eigenvalue weighted by molar-refractivity contribution is 0.826. The van der Waals surface area contributed by atoms with Crippen molar-refractivity contribution in [2.75, 3.05) is 0 Å². The van der Waals surface area contributed by atoms with Gasteiger partial charge in [0.2, 0.25) is 0 Å². The van der Waals surface area contributed by atoms with Crippen LogP contribution in [-0.2, 0) is 6.54 Å². The first-order valence-electron chi connectivity index (χ1n) is 8.22. The third-order valence-corrected chi connectivity index (χ3v) is 5.42. The van der Waals surface area contributed by atoms with Crippen LogP contribution in [0, 0.1) is 0 Å². The molecule has 25 heavy (non-hydrogen) atoms. The van der Waals surface area contributed by atoms with Gasteiger partial charge >= 0.3 is 0 Å². The molecule has 0 unspecified atom stereocenters. The van der Waals surface area contributed by atoms with E-state index in [0.717, 1.165) is 33.7 Å². The van der Waals surface area contributed by atoms with E-state index in [1.54, 1.807) is 11.3 Å². The number of para-hydroxylation sites is 1. The van der Waals surface area contributed by atoms with Crippen LogP contribution in [0.4, 0.5) is 0 Å². The largest absolute Gasteiger partial charge is 0.327 e. The van der Waals surface area contributed by atoms with E-state index in [9.17, 15) is 0 Å². The number of hydrogen-bond acceptors (Lipinski definition) is 3. The average Bonchev–Trinajstić information content (AvgIpc) is 3.24. The summed E-state index contributed by atoms with van der Waals surface area (Å²) in [5.41, 5.74) is 4.47. The van der Waals surface area contributed by atoms with E-state index in [4.69, 9.17) is 4.98 Å². The number of benzene rings is 2. The molecule has 3 heterocycles. The molecular formula is C21H15N3S. The fourth-order valence-corrected chi connectivity index (χ4v) is 4.17. The summed E-state index contributed by atoms with van der Waals surface area (Å²) in [6.07, 6.45) is 4.04. The van der Waals surface area contributed by atoms with E-state index in [0.29, 0.717) is 0 Å². The first kappa shape index (κ1) is 14.4. The number of aromatic nitrogens is 3. The van der Waals surface area contributed by atoms with Gasteiger partial charge in [0.25, 0.3) is 0 Å². The van der Waals surface area contributed by atoms with Crippen LogP contribution in [-0.4, -0.2) is 14.5 Å². The van der Waals surface area contributed by atoms with Gasteiger partial charge in [0.15, 0.2) is 0 Å². The fourth-order valence-electron chi connectivity index (χ4n) is 3.18. The van der Waals surface area contributed by atoms with E-state index in [-0.39, 0.29) is 0 Å². The number of fused-ring (bicyclic) bond motifs is 2. The monoisotopic (exact) mass is 341 g/mol. The van der Waals surface area contributed by atoms with Gasteiger partial charge in [-0.05, 0) is 29.8 Å². The summed E-state index contributed by atoms with van der Waals surface area (Å²) < 4.78 is 3.43. The molecule has 0 fully saturated rings. The van der Waals surface area contributed by atoms with Crippen molar-refractivity contribution in [3.8, 4) is 10.6 Å². The highest BCUT2D eigenvalue weighted by atomic mass is 32.1. The maximum atomic E-state index is 4.83. The van der Waals surface area contributed by atoms with Crippen molar-refractivity contribution >= 4 is 32.6 Å². The Morgan fingerprint density at radius 2 is 1.72 bits per heavy atom. The Kier molecular flexibility index (Phi) is 3.35. The lowest BCUT2D eigenvalue weighted by Crippen LogP contribution is -1.98. The predicted molar refractivity (Wildman–Crippen MR) is 104 cm³/mol. The molecule has 0 N–H and O–H groups in total. The van der Waals surface area contributed by atoms with E-state index in [2.05, 4.69) is 64.3 Å². The van der Waals surface area contributed by atoms with E-state index in [1.165, 1.54) is 10.3 Å². The van der Waals surface area contributed by atoms with Crippen molar-refractivity contribution in [3.63, 3.8) is 0 Å². The van der Waals surface area contributed by atoms with Crippen molar-refractivity contribution in [1.29, 1.82) is 0 Å². The van der Waals surface area contributed by atoms with Crippen molar-refractivity contribution in [1.82, 2.24) is 14.5 Å². The quantitative estimate of drug-likeness (QED) is 0.442. The molecule has 120 valence electrons. The topological polar surface area (TPSA) is 30.7 Å². The average molecular weight is 341 g/mol. The van der Waals surface area contributed by atoms with E-state index >= 15 is 0 Å². The minimum Gasteiger partial charge on any atom is -0.327 e. The Hall–Kier alpha value is -2.98. The summed E-state index contributed by atoms with van der Waals surface area (Å²) in [5.74, 6) is 0. The van der Waals surface area contributed by atoms with Crippen LogP contribution in [0.25, 0.3) is 31.8 Å². The molecule has 5 rings (SSSR count). The highest BCUT2D eigenvalue weighted by Gasteiger charge is 2.14. The van der Waals surface area contributed by atoms with Gasteiger partial charge in [0.1, 0.15) is 10.7 Å². The van der Waals surface area contributed by atoms with Gasteiger partial charge in [-0.2, -0.15) is 0 Å². The second-order valence-electron chi connectivity index (χ2n) is 6.02. The van der Waals surface area contributed by atoms with Gasteiger partial charge in [0, 0.05) is 29.9 Å². The molecule has 0 aliphatic carbocycles. The normalized spacial score (nSPS) is 11.4. The first-order chi connectivity index (χ1) is 12.4. The van der Waals surface area contributed by atoms with Gasteiger partial charge in [-0.25, -0.2) is 9.97 Å². The van der Waals surface area contributed by atoms with Gasteiger partial charge in [-0.1, -0.05) is 42.5 Å².